The molecule has 2 aromatic carbocycles. The molecule has 0 heterocycles. The van der Waals surface area contributed by atoms with E-state index in [1.807, 2.05) is 6.07 Å². The lowest BCUT2D eigenvalue weighted by atomic mass is 10.2. The first-order valence-electron chi connectivity index (χ1n) is 6.73. The fourth-order valence-corrected chi connectivity index (χ4v) is 2.27. The van der Waals surface area contributed by atoms with E-state index in [2.05, 4.69) is 5.32 Å². The number of likely N-dealkylation sites (N-methyl/N-ethyl adjacent to an activating group) is 1. The highest BCUT2D eigenvalue weighted by Gasteiger charge is 2.16. The molecule has 23 heavy (non-hydrogen) atoms. The molecule has 0 saturated carbocycles. The van der Waals surface area contributed by atoms with Crippen LogP contribution in [-0.2, 0) is 11.3 Å². The second kappa shape index (κ2) is 7.48. The Bertz CT molecular complexity index is 724. The molecule has 122 valence electrons. The first-order chi connectivity index (χ1) is 10.9. The van der Waals surface area contributed by atoms with Crippen LogP contribution in [0, 0.1) is 17.5 Å². The number of carbonyl (C=O) groups is 1. The van der Waals surface area contributed by atoms with E-state index in [-0.39, 0.29) is 6.54 Å². The van der Waals surface area contributed by atoms with E-state index in [9.17, 15) is 18.0 Å². The van der Waals surface area contributed by atoms with Gasteiger partial charge in [0, 0.05) is 11.6 Å². The summed E-state index contributed by atoms with van der Waals surface area (Å²) in [6, 6.07) is 8.89. The third-order valence-corrected chi connectivity index (χ3v) is 3.30. The lowest BCUT2D eigenvalue weighted by Crippen LogP contribution is -2.30. The molecule has 0 spiro atoms. The van der Waals surface area contributed by atoms with Crippen LogP contribution in [0.2, 0.25) is 5.02 Å². The van der Waals surface area contributed by atoms with Gasteiger partial charge in [-0.15, -0.1) is 0 Å². The predicted molar refractivity (Wildman–Crippen MR) is 82.7 cm³/mol. The topological polar surface area (TPSA) is 32.3 Å². The van der Waals surface area contributed by atoms with Gasteiger partial charge in [0.05, 0.1) is 12.2 Å². The molecule has 2 rings (SSSR count). The molecule has 0 aliphatic heterocycles. The van der Waals surface area contributed by atoms with Gasteiger partial charge in [0.25, 0.3) is 0 Å². The number of hydrogen-bond donors (Lipinski definition) is 1. The third kappa shape index (κ3) is 4.71. The number of carbonyl (C=O) groups excluding carboxylic acids is 1. The summed E-state index contributed by atoms with van der Waals surface area (Å²) in [7, 11) is 1.70. The molecule has 0 atom stereocenters. The van der Waals surface area contributed by atoms with Crippen molar-refractivity contribution in [3.63, 3.8) is 0 Å². The molecule has 0 unspecified atom stereocenters. The Labute approximate surface area is 136 Å². The minimum atomic E-state index is -1.62. The van der Waals surface area contributed by atoms with Gasteiger partial charge in [-0.1, -0.05) is 23.7 Å². The normalized spacial score (nSPS) is 10.9. The van der Waals surface area contributed by atoms with Crippen molar-refractivity contribution >= 4 is 23.2 Å². The van der Waals surface area contributed by atoms with Gasteiger partial charge < -0.3 is 5.32 Å². The van der Waals surface area contributed by atoms with Gasteiger partial charge in [-0.2, -0.15) is 0 Å². The van der Waals surface area contributed by atoms with Crippen molar-refractivity contribution in [3.8, 4) is 0 Å². The fraction of sp³-hybridized carbons (Fsp3) is 0.188. The number of nitrogens with one attached hydrogen (secondary N) is 1. The Kier molecular flexibility index (Phi) is 5.63. The largest absolute Gasteiger partial charge is 0.322 e. The number of amides is 1. The standard InChI is InChI=1S/C16H14ClF3N2O/c1-22(8-10-3-2-4-11(17)7-10)9-14(23)21-13-6-5-12(18)15(19)16(13)20/h2-7H,8-9H2,1H3,(H,21,23). The van der Waals surface area contributed by atoms with Gasteiger partial charge in [0.1, 0.15) is 0 Å². The monoisotopic (exact) mass is 342 g/mol. The first-order valence-corrected chi connectivity index (χ1v) is 7.11. The molecule has 0 aliphatic carbocycles. The van der Waals surface area contributed by atoms with Crippen LogP contribution in [0.15, 0.2) is 36.4 Å². The van der Waals surface area contributed by atoms with E-state index < -0.39 is 29.0 Å². The van der Waals surface area contributed by atoms with Crippen molar-refractivity contribution in [2.75, 3.05) is 18.9 Å². The summed E-state index contributed by atoms with van der Waals surface area (Å²) in [5, 5.41) is 2.81. The third-order valence-electron chi connectivity index (χ3n) is 3.06. The molecule has 2 aromatic rings. The summed E-state index contributed by atoms with van der Waals surface area (Å²) >= 11 is 5.88. The van der Waals surface area contributed by atoms with Crippen molar-refractivity contribution < 1.29 is 18.0 Å². The van der Waals surface area contributed by atoms with E-state index in [0.29, 0.717) is 11.6 Å². The van der Waals surface area contributed by atoms with Crippen molar-refractivity contribution in [1.82, 2.24) is 4.90 Å². The maximum Gasteiger partial charge on any atom is 0.238 e. The minimum absolute atomic E-state index is 0.0506. The SMILES string of the molecule is CN(CC(=O)Nc1ccc(F)c(F)c1F)Cc1cccc(Cl)c1. The van der Waals surface area contributed by atoms with Crippen LogP contribution in [-0.4, -0.2) is 24.4 Å². The number of anilines is 1. The molecule has 0 aromatic heterocycles. The lowest BCUT2D eigenvalue weighted by molar-refractivity contribution is -0.117. The van der Waals surface area contributed by atoms with Gasteiger partial charge in [0.2, 0.25) is 5.91 Å². The Balaban J connectivity index is 1.95. The van der Waals surface area contributed by atoms with Crippen LogP contribution < -0.4 is 5.32 Å². The van der Waals surface area contributed by atoms with E-state index >= 15 is 0 Å². The van der Waals surface area contributed by atoms with Crippen LogP contribution in [0.3, 0.4) is 0 Å². The van der Waals surface area contributed by atoms with Gasteiger partial charge in [0.15, 0.2) is 17.5 Å². The van der Waals surface area contributed by atoms with Crippen molar-refractivity contribution in [2.45, 2.75) is 6.54 Å². The molecule has 1 N–H and O–H groups in total. The molecule has 0 saturated heterocycles. The first kappa shape index (κ1) is 17.3. The van der Waals surface area contributed by atoms with Crippen LogP contribution >= 0.6 is 11.6 Å². The second-order valence-electron chi connectivity index (χ2n) is 5.07. The van der Waals surface area contributed by atoms with Crippen molar-refractivity contribution in [1.29, 1.82) is 0 Å². The summed E-state index contributed by atoms with van der Waals surface area (Å²) in [6.45, 7) is 0.402. The lowest BCUT2D eigenvalue weighted by Gasteiger charge is -2.16. The average Bonchev–Trinajstić information content (AvgIpc) is 2.47. The Morgan fingerprint density at radius 2 is 1.91 bits per heavy atom. The number of rotatable bonds is 5. The highest BCUT2D eigenvalue weighted by Crippen LogP contribution is 2.19. The van der Waals surface area contributed by atoms with Crippen molar-refractivity contribution in [3.05, 3.63) is 64.4 Å². The Morgan fingerprint density at radius 1 is 1.17 bits per heavy atom. The van der Waals surface area contributed by atoms with Gasteiger partial charge >= 0.3 is 0 Å². The number of halogens is 4. The van der Waals surface area contributed by atoms with E-state index in [1.54, 1.807) is 30.1 Å². The highest BCUT2D eigenvalue weighted by atomic mass is 35.5. The van der Waals surface area contributed by atoms with Crippen molar-refractivity contribution in [2.24, 2.45) is 0 Å². The zero-order valence-electron chi connectivity index (χ0n) is 12.2. The van der Waals surface area contributed by atoms with Gasteiger partial charge in [-0.05, 0) is 36.9 Å². The minimum Gasteiger partial charge on any atom is -0.322 e. The summed E-state index contributed by atoms with van der Waals surface area (Å²) in [5.74, 6) is -4.89. The molecule has 0 fully saturated rings. The summed E-state index contributed by atoms with van der Waals surface area (Å²) in [4.78, 5) is 13.5. The highest BCUT2D eigenvalue weighted by molar-refractivity contribution is 6.30. The van der Waals surface area contributed by atoms with E-state index in [0.717, 1.165) is 17.7 Å². The molecule has 0 bridgehead atoms. The maximum absolute atomic E-state index is 13.5. The molecule has 0 radical (unpaired) electrons. The average molecular weight is 343 g/mol. The zero-order valence-corrected chi connectivity index (χ0v) is 13.0. The van der Waals surface area contributed by atoms with Crippen LogP contribution in [0.25, 0.3) is 0 Å². The number of nitrogens with zero attached hydrogens (tertiary/aromatic N) is 1. The summed E-state index contributed by atoms with van der Waals surface area (Å²) in [5.41, 5.74) is 0.511. The Morgan fingerprint density at radius 3 is 2.61 bits per heavy atom. The van der Waals surface area contributed by atoms with Gasteiger partial charge in [-0.3, -0.25) is 9.69 Å². The molecule has 1 amide bonds. The maximum atomic E-state index is 13.5. The van der Waals surface area contributed by atoms with Crippen LogP contribution in [0.4, 0.5) is 18.9 Å². The second-order valence-corrected chi connectivity index (χ2v) is 5.51. The molecule has 3 nitrogen and oxygen atoms in total. The van der Waals surface area contributed by atoms with E-state index in [1.165, 1.54) is 0 Å². The summed E-state index contributed by atoms with van der Waals surface area (Å²) in [6.07, 6.45) is 0. The molecular formula is C16H14ClF3N2O. The quantitative estimate of drug-likeness (QED) is 0.838. The summed E-state index contributed by atoms with van der Waals surface area (Å²) < 4.78 is 39.4. The Hall–Kier alpha value is -2.05. The smallest absolute Gasteiger partial charge is 0.238 e. The predicted octanol–water partition coefficient (Wildman–Crippen LogP) is 3.83. The van der Waals surface area contributed by atoms with Crippen LogP contribution in [0.5, 0.6) is 0 Å². The van der Waals surface area contributed by atoms with E-state index in [4.69, 9.17) is 11.6 Å². The van der Waals surface area contributed by atoms with Gasteiger partial charge in [-0.25, -0.2) is 13.2 Å². The molecule has 7 heteroatoms. The number of benzene rings is 2. The fourth-order valence-electron chi connectivity index (χ4n) is 2.06. The molecule has 0 aliphatic rings. The van der Waals surface area contributed by atoms with Crippen LogP contribution in [0.1, 0.15) is 5.56 Å². The number of hydrogen-bond acceptors (Lipinski definition) is 2. The molecular weight excluding hydrogens is 329 g/mol. The zero-order chi connectivity index (χ0) is 17.0.